The maximum atomic E-state index is 13.2. The van der Waals surface area contributed by atoms with Gasteiger partial charge in [0.25, 0.3) is 0 Å². The van der Waals surface area contributed by atoms with Crippen molar-refractivity contribution in [2.24, 2.45) is 0 Å². The number of hydrogen-bond acceptors (Lipinski definition) is 6. The third-order valence-corrected chi connectivity index (χ3v) is 5.18. The van der Waals surface area contributed by atoms with Crippen molar-refractivity contribution in [2.75, 3.05) is 18.6 Å². The van der Waals surface area contributed by atoms with E-state index in [1.807, 2.05) is 0 Å². The summed E-state index contributed by atoms with van der Waals surface area (Å²) in [5.41, 5.74) is -0.0750. The lowest BCUT2D eigenvalue weighted by molar-refractivity contribution is -0.137. The third-order valence-electron chi connectivity index (χ3n) is 3.47. The number of halogens is 4. The number of nitrogens with one attached hydrogen (secondary N) is 1. The SMILES string of the molecule is CP(C)(=O)c1c(Nc2nc(Cl)ncc2C(F)(F)F)ccc2nccnc12. The molecule has 11 heteroatoms. The number of hydrogen-bond donors (Lipinski definition) is 1. The molecule has 2 aromatic heterocycles. The highest BCUT2D eigenvalue weighted by atomic mass is 35.5. The molecule has 0 amide bonds. The molecule has 0 aliphatic carbocycles. The lowest BCUT2D eigenvalue weighted by Crippen LogP contribution is -2.16. The summed E-state index contributed by atoms with van der Waals surface area (Å²) in [5, 5.41) is 2.53. The molecule has 3 aromatic rings. The van der Waals surface area contributed by atoms with Crippen LogP contribution < -0.4 is 10.6 Å². The molecule has 0 aliphatic heterocycles. The minimum absolute atomic E-state index is 0.187. The van der Waals surface area contributed by atoms with E-state index in [-0.39, 0.29) is 16.3 Å². The minimum Gasteiger partial charge on any atom is -0.339 e. The van der Waals surface area contributed by atoms with Crippen LogP contribution >= 0.6 is 18.7 Å². The second-order valence-corrected chi connectivity index (χ2v) is 9.25. The van der Waals surface area contributed by atoms with E-state index in [0.717, 1.165) is 0 Å². The van der Waals surface area contributed by atoms with Crippen LogP contribution in [0.15, 0.2) is 30.7 Å². The summed E-state index contributed by atoms with van der Waals surface area (Å²) in [5.74, 6) is -0.532. The van der Waals surface area contributed by atoms with Crippen LogP contribution in [-0.4, -0.2) is 33.3 Å². The van der Waals surface area contributed by atoms with Crippen molar-refractivity contribution in [1.82, 2.24) is 19.9 Å². The van der Waals surface area contributed by atoms with Gasteiger partial charge in [0.1, 0.15) is 24.0 Å². The van der Waals surface area contributed by atoms with Crippen molar-refractivity contribution in [3.8, 4) is 0 Å². The summed E-state index contributed by atoms with van der Waals surface area (Å²) >= 11 is 5.65. The summed E-state index contributed by atoms with van der Waals surface area (Å²) < 4.78 is 52.5. The Labute approximate surface area is 151 Å². The predicted molar refractivity (Wildman–Crippen MR) is 94.0 cm³/mol. The number of nitrogens with zero attached hydrogens (tertiary/aromatic N) is 4. The van der Waals surface area contributed by atoms with Crippen LogP contribution in [0.5, 0.6) is 0 Å². The molecule has 1 aromatic carbocycles. The molecular weight excluding hydrogens is 390 g/mol. The average Bonchev–Trinajstić information content (AvgIpc) is 2.52. The molecule has 0 bridgehead atoms. The Hall–Kier alpha value is -2.25. The van der Waals surface area contributed by atoms with E-state index in [0.29, 0.717) is 17.2 Å². The number of rotatable bonds is 3. The first kappa shape index (κ1) is 18.5. The predicted octanol–water partition coefficient (Wildman–Crippen LogP) is 4.08. The van der Waals surface area contributed by atoms with E-state index in [4.69, 9.17) is 11.6 Å². The van der Waals surface area contributed by atoms with Crippen LogP contribution in [-0.2, 0) is 10.7 Å². The molecule has 0 fully saturated rings. The Morgan fingerprint density at radius 1 is 1.12 bits per heavy atom. The first-order valence-electron chi connectivity index (χ1n) is 7.23. The average molecular weight is 402 g/mol. The monoisotopic (exact) mass is 401 g/mol. The summed E-state index contributed by atoms with van der Waals surface area (Å²) in [6.07, 6.45) is -1.20. The second-order valence-electron chi connectivity index (χ2n) is 5.76. The van der Waals surface area contributed by atoms with Gasteiger partial charge in [-0.15, -0.1) is 0 Å². The molecule has 0 aliphatic rings. The topological polar surface area (TPSA) is 80.7 Å². The van der Waals surface area contributed by atoms with Crippen molar-refractivity contribution in [3.05, 3.63) is 41.6 Å². The molecular formula is C15H12ClF3N5OP. The quantitative estimate of drug-likeness (QED) is 0.526. The van der Waals surface area contributed by atoms with E-state index >= 15 is 0 Å². The molecule has 6 nitrogen and oxygen atoms in total. The van der Waals surface area contributed by atoms with E-state index in [2.05, 4.69) is 25.3 Å². The molecule has 136 valence electrons. The zero-order chi connectivity index (χ0) is 19.1. The Balaban J connectivity index is 2.23. The van der Waals surface area contributed by atoms with Gasteiger partial charge in [-0.2, -0.15) is 18.2 Å². The smallest absolute Gasteiger partial charge is 0.339 e. The first-order chi connectivity index (χ1) is 12.1. The fraction of sp³-hybridized carbons (Fsp3) is 0.200. The van der Waals surface area contributed by atoms with Gasteiger partial charge in [-0.05, 0) is 37.1 Å². The van der Waals surface area contributed by atoms with Gasteiger partial charge >= 0.3 is 6.18 Å². The van der Waals surface area contributed by atoms with Gasteiger partial charge in [0.2, 0.25) is 5.28 Å². The first-order valence-corrected chi connectivity index (χ1v) is 10.2. The van der Waals surface area contributed by atoms with Gasteiger partial charge in [-0.1, -0.05) is 0 Å². The molecule has 1 N–H and O–H groups in total. The number of benzene rings is 1. The van der Waals surface area contributed by atoms with E-state index in [1.165, 1.54) is 31.8 Å². The highest BCUT2D eigenvalue weighted by Crippen LogP contribution is 2.42. The van der Waals surface area contributed by atoms with Crippen molar-refractivity contribution < 1.29 is 17.7 Å². The molecule has 0 spiro atoms. The van der Waals surface area contributed by atoms with Gasteiger partial charge in [-0.25, -0.2) is 4.98 Å². The van der Waals surface area contributed by atoms with Crippen molar-refractivity contribution in [2.45, 2.75) is 6.18 Å². The Bertz CT molecular complexity index is 1040. The summed E-state index contributed by atoms with van der Waals surface area (Å²) in [6.45, 7) is 3.00. The van der Waals surface area contributed by atoms with Crippen LogP contribution in [0.3, 0.4) is 0 Å². The number of aromatic nitrogens is 4. The Morgan fingerprint density at radius 3 is 2.46 bits per heavy atom. The van der Waals surface area contributed by atoms with Gasteiger partial charge in [0.05, 0.1) is 16.5 Å². The molecule has 0 atom stereocenters. The maximum Gasteiger partial charge on any atom is 0.421 e. The van der Waals surface area contributed by atoms with Gasteiger partial charge in [0.15, 0.2) is 0 Å². The van der Waals surface area contributed by atoms with Crippen LogP contribution in [0, 0.1) is 0 Å². The fourth-order valence-electron chi connectivity index (χ4n) is 2.46. The van der Waals surface area contributed by atoms with Crippen molar-refractivity contribution in [3.63, 3.8) is 0 Å². The Morgan fingerprint density at radius 2 is 1.81 bits per heavy atom. The lowest BCUT2D eigenvalue weighted by Gasteiger charge is -2.18. The molecule has 3 rings (SSSR count). The normalized spacial score (nSPS) is 12.4. The zero-order valence-electron chi connectivity index (χ0n) is 13.5. The third kappa shape index (κ3) is 3.64. The van der Waals surface area contributed by atoms with Crippen molar-refractivity contribution in [1.29, 1.82) is 0 Å². The highest BCUT2D eigenvalue weighted by Gasteiger charge is 2.35. The second kappa shape index (κ2) is 6.48. The number of fused-ring (bicyclic) bond motifs is 1. The zero-order valence-corrected chi connectivity index (χ0v) is 15.2. The molecule has 0 saturated carbocycles. The van der Waals surface area contributed by atoms with E-state index < -0.39 is 24.7 Å². The standard InChI is InChI=1S/C15H12ClF3N5OP/c1-26(2,25)12-10(4-3-9-11(12)21-6-5-20-9)23-13-8(15(17,18)19)7-22-14(16)24-13/h3-7H,1-2H3,(H,22,23,24). The molecule has 26 heavy (non-hydrogen) atoms. The van der Waals surface area contributed by atoms with Crippen LogP contribution in [0.4, 0.5) is 24.7 Å². The summed E-state index contributed by atoms with van der Waals surface area (Å²) in [6, 6.07) is 3.06. The molecule has 0 unspecified atom stereocenters. The minimum atomic E-state index is -4.69. The highest BCUT2D eigenvalue weighted by molar-refractivity contribution is 7.71. The molecule has 0 saturated heterocycles. The fourth-order valence-corrected chi connectivity index (χ4v) is 3.98. The molecule has 0 radical (unpaired) electrons. The van der Waals surface area contributed by atoms with E-state index in [1.54, 1.807) is 6.07 Å². The Kier molecular flexibility index (Phi) is 4.62. The van der Waals surface area contributed by atoms with Crippen LogP contribution in [0.2, 0.25) is 5.28 Å². The number of anilines is 2. The lowest BCUT2D eigenvalue weighted by atomic mass is 10.2. The van der Waals surface area contributed by atoms with Crippen molar-refractivity contribution >= 4 is 46.6 Å². The van der Waals surface area contributed by atoms with Gasteiger partial charge < -0.3 is 9.88 Å². The van der Waals surface area contributed by atoms with Gasteiger partial charge in [-0.3, -0.25) is 9.97 Å². The summed E-state index contributed by atoms with van der Waals surface area (Å²) in [7, 11) is -2.93. The largest absolute Gasteiger partial charge is 0.421 e. The molecule has 2 heterocycles. The number of alkyl halides is 3. The van der Waals surface area contributed by atoms with Crippen LogP contribution in [0.1, 0.15) is 5.56 Å². The summed E-state index contributed by atoms with van der Waals surface area (Å²) in [4.78, 5) is 15.3. The van der Waals surface area contributed by atoms with E-state index in [9.17, 15) is 17.7 Å². The maximum absolute atomic E-state index is 13.2. The van der Waals surface area contributed by atoms with Crippen LogP contribution in [0.25, 0.3) is 11.0 Å². The van der Waals surface area contributed by atoms with Gasteiger partial charge in [0, 0.05) is 18.6 Å².